The average molecular weight is 478 g/mol. The van der Waals surface area contributed by atoms with Crippen molar-refractivity contribution in [1.82, 2.24) is 14.8 Å². The van der Waals surface area contributed by atoms with Crippen LogP contribution in [0.3, 0.4) is 0 Å². The van der Waals surface area contributed by atoms with Crippen LogP contribution in [0.2, 0.25) is 0 Å². The predicted octanol–water partition coefficient (Wildman–Crippen LogP) is 3.80. The van der Waals surface area contributed by atoms with E-state index in [0.29, 0.717) is 22.4 Å². The molecule has 0 fully saturated rings. The summed E-state index contributed by atoms with van der Waals surface area (Å²) in [5, 5.41) is 22.1. The average Bonchev–Trinajstić information content (AvgIpc) is 3.06. The minimum atomic E-state index is -0.492. The summed E-state index contributed by atoms with van der Waals surface area (Å²) in [4.78, 5) is 22.3. The second kappa shape index (κ2) is 9.52. The van der Waals surface area contributed by atoms with E-state index in [0.717, 1.165) is 4.47 Å². The number of carbonyl (C=O) groups excluding carboxylic acids is 1. The molecular weight excluding hydrogens is 462 g/mol. The number of carbonyl (C=O) groups is 1. The molecule has 29 heavy (non-hydrogen) atoms. The lowest BCUT2D eigenvalue weighted by Crippen LogP contribution is -2.14. The highest BCUT2D eigenvalue weighted by Gasteiger charge is 2.13. The van der Waals surface area contributed by atoms with Gasteiger partial charge in [0.05, 0.1) is 10.7 Å². The van der Waals surface area contributed by atoms with E-state index < -0.39 is 4.92 Å². The Bertz CT molecular complexity index is 1010. The number of nitrogens with zero attached hydrogens (tertiary/aromatic N) is 4. The Balaban J connectivity index is 1.50. The third-order valence-corrected chi connectivity index (χ3v) is 5.35. The van der Waals surface area contributed by atoms with Gasteiger partial charge in [-0.2, -0.15) is 0 Å². The van der Waals surface area contributed by atoms with E-state index in [1.54, 1.807) is 11.6 Å². The number of halogens is 1. The second-order valence-corrected chi connectivity index (χ2v) is 7.70. The molecule has 0 aliphatic heterocycles. The lowest BCUT2D eigenvalue weighted by atomic mass is 10.3. The van der Waals surface area contributed by atoms with Crippen LogP contribution in [-0.4, -0.2) is 31.3 Å². The molecule has 150 valence electrons. The molecule has 0 saturated heterocycles. The van der Waals surface area contributed by atoms with Crippen LogP contribution in [0, 0.1) is 10.1 Å². The van der Waals surface area contributed by atoms with Gasteiger partial charge < -0.3 is 14.6 Å². The Morgan fingerprint density at radius 3 is 2.55 bits per heavy atom. The zero-order chi connectivity index (χ0) is 20.8. The highest BCUT2D eigenvalue weighted by atomic mass is 79.9. The van der Waals surface area contributed by atoms with Gasteiger partial charge in [-0.15, -0.1) is 10.2 Å². The molecule has 1 amide bonds. The molecule has 11 heteroatoms. The molecule has 0 atom stereocenters. The van der Waals surface area contributed by atoms with Crippen molar-refractivity contribution in [3.05, 3.63) is 68.9 Å². The van der Waals surface area contributed by atoms with E-state index in [4.69, 9.17) is 4.74 Å². The first kappa shape index (κ1) is 20.8. The molecule has 0 radical (unpaired) electrons. The molecule has 0 bridgehead atoms. The summed E-state index contributed by atoms with van der Waals surface area (Å²) in [7, 11) is 1.80. The monoisotopic (exact) mass is 477 g/mol. The normalized spacial score (nSPS) is 10.6. The zero-order valence-corrected chi connectivity index (χ0v) is 17.6. The largest absolute Gasteiger partial charge is 0.486 e. The molecule has 0 spiro atoms. The summed E-state index contributed by atoms with van der Waals surface area (Å²) in [6.07, 6.45) is 0. The Morgan fingerprint density at radius 1 is 1.21 bits per heavy atom. The summed E-state index contributed by atoms with van der Waals surface area (Å²) in [6.45, 7) is 0.251. The van der Waals surface area contributed by atoms with Crippen molar-refractivity contribution in [1.29, 1.82) is 0 Å². The first-order valence-corrected chi connectivity index (χ1v) is 10.1. The van der Waals surface area contributed by atoms with Gasteiger partial charge in [-0.05, 0) is 36.4 Å². The van der Waals surface area contributed by atoms with Gasteiger partial charge in [0.2, 0.25) is 5.91 Å². The lowest BCUT2D eigenvalue weighted by Gasteiger charge is -2.07. The van der Waals surface area contributed by atoms with Crippen molar-refractivity contribution in [3.63, 3.8) is 0 Å². The third-order valence-electron chi connectivity index (χ3n) is 3.80. The van der Waals surface area contributed by atoms with Gasteiger partial charge in [0.25, 0.3) is 5.69 Å². The maximum atomic E-state index is 12.1. The summed E-state index contributed by atoms with van der Waals surface area (Å²) in [6, 6.07) is 13.1. The quantitative estimate of drug-likeness (QED) is 0.298. The van der Waals surface area contributed by atoms with Crippen molar-refractivity contribution in [2.75, 3.05) is 11.1 Å². The number of nitrogens with one attached hydrogen (secondary N) is 1. The van der Waals surface area contributed by atoms with Crippen molar-refractivity contribution >= 4 is 45.0 Å². The summed E-state index contributed by atoms with van der Waals surface area (Å²) in [5.74, 6) is 1.22. The van der Waals surface area contributed by atoms with Crippen molar-refractivity contribution in [2.45, 2.75) is 11.8 Å². The Hall–Kier alpha value is -2.92. The number of nitro benzene ring substituents is 1. The smallest absolute Gasteiger partial charge is 0.269 e. The molecule has 0 aliphatic carbocycles. The van der Waals surface area contributed by atoms with Gasteiger partial charge in [-0.3, -0.25) is 14.9 Å². The second-order valence-electron chi connectivity index (χ2n) is 5.84. The van der Waals surface area contributed by atoms with Crippen LogP contribution in [0.4, 0.5) is 11.4 Å². The minimum absolute atomic E-state index is 0.0330. The van der Waals surface area contributed by atoms with E-state index in [-0.39, 0.29) is 24.0 Å². The molecule has 3 rings (SSSR count). The van der Waals surface area contributed by atoms with Crippen LogP contribution in [0.5, 0.6) is 5.75 Å². The Kier molecular flexibility index (Phi) is 6.83. The number of hydrogen-bond acceptors (Lipinski definition) is 7. The Morgan fingerprint density at radius 2 is 1.90 bits per heavy atom. The first-order valence-electron chi connectivity index (χ1n) is 8.36. The minimum Gasteiger partial charge on any atom is -0.486 e. The van der Waals surface area contributed by atoms with E-state index in [1.165, 1.54) is 36.0 Å². The van der Waals surface area contributed by atoms with E-state index in [1.807, 2.05) is 24.3 Å². The fourth-order valence-electron chi connectivity index (χ4n) is 2.27. The van der Waals surface area contributed by atoms with Crippen LogP contribution >= 0.6 is 27.7 Å². The number of hydrogen-bond donors (Lipinski definition) is 1. The van der Waals surface area contributed by atoms with Crippen LogP contribution in [-0.2, 0) is 18.4 Å². The SMILES string of the molecule is Cn1c(COc2ccc(Br)cc2)nnc1SCC(=O)Nc1ccc([N+](=O)[O-])cc1. The van der Waals surface area contributed by atoms with Crippen molar-refractivity contribution in [3.8, 4) is 5.75 Å². The van der Waals surface area contributed by atoms with Crippen LogP contribution in [0.25, 0.3) is 0 Å². The fourth-order valence-corrected chi connectivity index (χ4v) is 3.26. The maximum Gasteiger partial charge on any atom is 0.269 e. The van der Waals surface area contributed by atoms with Gasteiger partial charge in [0.1, 0.15) is 12.4 Å². The van der Waals surface area contributed by atoms with Crippen molar-refractivity contribution in [2.24, 2.45) is 7.05 Å². The molecule has 2 aromatic carbocycles. The van der Waals surface area contributed by atoms with Crippen LogP contribution < -0.4 is 10.1 Å². The summed E-state index contributed by atoms with van der Waals surface area (Å²) < 4.78 is 8.43. The highest BCUT2D eigenvalue weighted by Crippen LogP contribution is 2.20. The molecule has 1 aromatic heterocycles. The van der Waals surface area contributed by atoms with E-state index in [2.05, 4.69) is 31.4 Å². The van der Waals surface area contributed by atoms with Crippen LogP contribution in [0.1, 0.15) is 5.82 Å². The maximum absolute atomic E-state index is 12.1. The molecule has 9 nitrogen and oxygen atoms in total. The standard InChI is InChI=1S/C18H16BrN5O4S/c1-23-16(10-28-15-8-2-12(19)3-9-15)21-22-18(23)29-11-17(25)20-13-4-6-14(7-5-13)24(26)27/h2-9H,10-11H2,1H3,(H,20,25). The molecule has 1 N–H and O–H groups in total. The molecule has 3 aromatic rings. The van der Waals surface area contributed by atoms with Gasteiger partial charge in [-0.1, -0.05) is 27.7 Å². The number of anilines is 1. The number of ether oxygens (including phenoxy) is 1. The number of thioether (sulfide) groups is 1. The molecular formula is C18H16BrN5O4S. The first-order chi connectivity index (χ1) is 13.9. The van der Waals surface area contributed by atoms with Crippen molar-refractivity contribution < 1.29 is 14.5 Å². The van der Waals surface area contributed by atoms with E-state index in [9.17, 15) is 14.9 Å². The van der Waals surface area contributed by atoms with Gasteiger partial charge in [0, 0.05) is 29.3 Å². The molecule has 0 aliphatic rings. The lowest BCUT2D eigenvalue weighted by molar-refractivity contribution is -0.384. The zero-order valence-electron chi connectivity index (χ0n) is 15.2. The topological polar surface area (TPSA) is 112 Å². The highest BCUT2D eigenvalue weighted by molar-refractivity contribution is 9.10. The van der Waals surface area contributed by atoms with E-state index >= 15 is 0 Å². The number of rotatable bonds is 8. The molecule has 1 heterocycles. The molecule has 0 unspecified atom stereocenters. The van der Waals surface area contributed by atoms with Crippen LogP contribution in [0.15, 0.2) is 58.2 Å². The molecule has 0 saturated carbocycles. The number of aromatic nitrogens is 3. The number of amides is 1. The number of nitro groups is 1. The van der Waals surface area contributed by atoms with Gasteiger partial charge >= 0.3 is 0 Å². The number of benzene rings is 2. The van der Waals surface area contributed by atoms with Gasteiger partial charge in [-0.25, -0.2) is 0 Å². The fraction of sp³-hybridized carbons (Fsp3) is 0.167. The third kappa shape index (κ3) is 5.78. The van der Waals surface area contributed by atoms with Gasteiger partial charge in [0.15, 0.2) is 11.0 Å². The summed E-state index contributed by atoms with van der Waals surface area (Å²) >= 11 is 4.60. The summed E-state index contributed by atoms with van der Waals surface area (Å²) in [5.41, 5.74) is 0.456. The number of non-ortho nitro benzene ring substituents is 1. The Labute approximate surface area is 178 Å². The predicted molar refractivity (Wildman–Crippen MR) is 112 cm³/mol.